The van der Waals surface area contributed by atoms with Crippen LogP contribution in [0.25, 0.3) is 0 Å². The SMILES string of the molecule is O=C(CN1CC=CN1)c1ccccc1. The summed E-state index contributed by atoms with van der Waals surface area (Å²) < 4.78 is 0. The lowest BCUT2D eigenvalue weighted by molar-refractivity contribution is 0.0923. The number of rotatable bonds is 3. The van der Waals surface area contributed by atoms with Crippen LogP contribution in [0, 0.1) is 0 Å². The van der Waals surface area contributed by atoms with Crippen molar-refractivity contribution in [1.82, 2.24) is 10.4 Å². The highest BCUT2D eigenvalue weighted by atomic mass is 16.1. The third kappa shape index (κ3) is 2.00. The van der Waals surface area contributed by atoms with Gasteiger partial charge in [0.05, 0.1) is 6.54 Å². The summed E-state index contributed by atoms with van der Waals surface area (Å²) in [5.74, 6) is 0.141. The number of carbonyl (C=O) groups excluding carboxylic acids is 1. The van der Waals surface area contributed by atoms with Gasteiger partial charge in [-0.3, -0.25) is 4.79 Å². The molecule has 3 heteroatoms. The van der Waals surface area contributed by atoms with Gasteiger partial charge in [-0.2, -0.15) is 0 Å². The van der Waals surface area contributed by atoms with Gasteiger partial charge in [0.15, 0.2) is 5.78 Å². The lowest BCUT2D eigenvalue weighted by Gasteiger charge is -2.14. The molecule has 0 radical (unpaired) electrons. The monoisotopic (exact) mass is 188 g/mol. The quantitative estimate of drug-likeness (QED) is 0.723. The van der Waals surface area contributed by atoms with E-state index in [0.717, 1.165) is 12.1 Å². The Labute approximate surface area is 83.0 Å². The van der Waals surface area contributed by atoms with Crippen molar-refractivity contribution in [3.63, 3.8) is 0 Å². The second-order valence-corrected chi connectivity index (χ2v) is 3.20. The molecule has 0 bridgehead atoms. The number of nitrogens with zero attached hydrogens (tertiary/aromatic N) is 1. The number of hydrazine groups is 1. The van der Waals surface area contributed by atoms with Crippen molar-refractivity contribution in [2.45, 2.75) is 0 Å². The predicted octanol–water partition coefficient (Wildman–Crippen LogP) is 1.20. The molecule has 1 N–H and O–H groups in total. The van der Waals surface area contributed by atoms with E-state index in [1.54, 1.807) is 0 Å². The van der Waals surface area contributed by atoms with Crippen LogP contribution in [0.3, 0.4) is 0 Å². The van der Waals surface area contributed by atoms with Gasteiger partial charge in [-0.1, -0.05) is 36.4 Å². The smallest absolute Gasteiger partial charge is 0.178 e. The topological polar surface area (TPSA) is 32.3 Å². The van der Waals surface area contributed by atoms with Gasteiger partial charge in [0, 0.05) is 18.3 Å². The molecule has 14 heavy (non-hydrogen) atoms. The Balaban J connectivity index is 1.96. The van der Waals surface area contributed by atoms with Crippen LogP contribution in [0.2, 0.25) is 0 Å². The van der Waals surface area contributed by atoms with E-state index >= 15 is 0 Å². The van der Waals surface area contributed by atoms with Crippen molar-refractivity contribution in [1.29, 1.82) is 0 Å². The van der Waals surface area contributed by atoms with Gasteiger partial charge in [0.1, 0.15) is 0 Å². The minimum absolute atomic E-state index is 0.141. The Morgan fingerprint density at radius 2 is 2.14 bits per heavy atom. The number of hydrogen-bond acceptors (Lipinski definition) is 3. The minimum Gasteiger partial charge on any atom is -0.326 e. The van der Waals surface area contributed by atoms with Crippen molar-refractivity contribution < 1.29 is 4.79 Å². The van der Waals surface area contributed by atoms with Crippen LogP contribution in [-0.4, -0.2) is 23.9 Å². The molecule has 3 nitrogen and oxygen atoms in total. The van der Waals surface area contributed by atoms with Gasteiger partial charge in [-0.25, -0.2) is 5.01 Å². The molecule has 0 unspecified atom stereocenters. The molecule has 0 atom stereocenters. The molecular weight excluding hydrogens is 176 g/mol. The Hall–Kier alpha value is -1.61. The molecule has 1 heterocycles. The zero-order valence-corrected chi connectivity index (χ0v) is 7.81. The molecular formula is C11H12N2O. The van der Waals surface area contributed by atoms with Crippen LogP contribution in [0.5, 0.6) is 0 Å². The summed E-state index contributed by atoms with van der Waals surface area (Å²) >= 11 is 0. The molecule has 0 aromatic heterocycles. The first kappa shape index (κ1) is 8.97. The maximum atomic E-state index is 11.7. The average Bonchev–Trinajstić information content (AvgIpc) is 2.72. The van der Waals surface area contributed by atoms with Gasteiger partial charge in [-0.15, -0.1) is 0 Å². The highest BCUT2D eigenvalue weighted by Crippen LogP contribution is 2.02. The van der Waals surface area contributed by atoms with Gasteiger partial charge in [-0.05, 0) is 0 Å². The molecule has 0 fully saturated rings. The molecule has 2 rings (SSSR count). The van der Waals surface area contributed by atoms with Gasteiger partial charge >= 0.3 is 0 Å². The van der Waals surface area contributed by atoms with Crippen molar-refractivity contribution >= 4 is 5.78 Å². The molecule has 0 aliphatic carbocycles. The second-order valence-electron chi connectivity index (χ2n) is 3.20. The first-order valence-electron chi connectivity index (χ1n) is 4.60. The van der Waals surface area contributed by atoms with Crippen LogP contribution >= 0.6 is 0 Å². The second kappa shape index (κ2) is 4.07. The van der Waals surface area contributed by atoms with E-state index in [9.17, 15) is 4.79 Å². The van der Waals surface area contributed by atoms with Crippen LogP contribution in [0.1, 0.15) is 10.4 Å². The zero-order valence-electron chi connectivity index (χ0n) is 7.81. The van der Waals surface area contributed by atoms with Gasteiger partial charge in [0.25, 0.3) is 0 Å². The molecule has 0 spiro atoms. The summed E-state index contributed by atoms with van der Waals surface area (Å²) in [6.07, 6.45) is 3.83. The third-order valence-corrected chi connectivity index (χ3v) is 2.13. The Morgan fingerprint density at radius 1 is 1.36 bits per heavy atom. The van der Waals surface area contributed by atoms with Crippen LogP contribution in [-0.2, 0) is 0 Å². The summed E-state index contributed by atoms with van der Waals surface area (Å²) in [6.45, 7) is 1.20. The number of ketones is 1. The van der Waals surface area contributed by atoms with Crippen molar-refractivity contribution in [2.75, 3.05) is 13.1 Å². The highest BCUT2D eigenvalue weighted by molar-refractivity contribution is 5.97. The summed E-state index contributed by atoms with van der Waals surface area (Å²) in [5.41, 5.74) is 3.75. The molecule has 1 aromatic rings. The molecule has 0 amide bonds. The first-order chi connectivity index (χ1) is 6.86. The number of benzene rings is 1. The summed E-state index contributed by atoms with van der Waals surface area (Å²) in [7, 11) is 0. The summed E-state index contributed by atoms with van der Waals surface area (Å²) in [6, 6.07) is 9.34. The van der Waals surface area contributed by atoms with E-state index in [0.29, 0.717) is 6.54 Å². The van der Waals surface area contributed by atoms with Crippen LogP contribution in [0.15, 0.2) is 42.6 Å². The van der Waals surface area contributed by atoms with Crippen LogP contribution < -0.4 is 5.43 Å². The molecule has 1 aliphatic heterocycles. The average molecular weight is 188 g/mol. The fourth-order valence-corrected chi connectivity index (χ4v) is 1.39. The normalized spacial score (nSPS) is 15.4. The van der Waals surface area contributed by atoms with Crippen molar-refractivity contribution in [3.8, 4) is 0 Å². The number of carbonyl (C=O) groups is 1. The van der Waals surface area contributed by atoms with Gasteiger partial charge < -0.3 is 5.43 Å². The lowest BCUT2D eigenvalue weighted by atomic mass is 10.1. The fraction of sp³-hybridized carbons (Fsp3) is 0.182. The largest absolute Gasteiger partial charge is 0.326 e. The van der Waals surface area contributed by atoms with Crippen molar-refractivity contribution in [3.05, 3.63) is 48.2 Å². The van der Waals surface area contributed by atoms with Gasteiger partial charge in [0.2, 0.25) is 0 Å². The van der Waals surface area contributed by atoms with E-state index in [-0.39, 0.29) is 5.78 Å². The van der Waals surface area contributed by atoms with E-state index in [4.69, 9.17) is 0 Å². The van der Waals surface area contributed by atoms with Crippen molar-refractivity contribution in [2.24, 2.45) is 0 Å². The van der Waals surface area contributed by atoms with E-state index in [1.165, 1.54) is 0 Å². The Morgan fingerprint density at radius 3 is 2.79 bits per heavy atom. The molecule has 0 saturated heterocycles. The van der Waals surface area contributed by atoms with E-state index in [1.807, 2.05) is 47.6 Å². The van der Waals surface area contributed by atoms with E-state index < -0.39 is 0 Å². The standard InChI is InChI=1S/C11H12N2O/c14-11(9-13-8-4-7-12-13)10-5-2-1-3-6-10/h1-7,12H,8-9H2. The minimum atomic E-state index is 0.141. The third-order valence-electron chi connectivity index (χ3n) is 2.13. The number of hydrogen-bond donors (Lipinski definition) is 1. The van der Waals surface area contributed by atoms with E-state index in [2.05, 4.69) is 5.43 Å². The number of nitrogens with one attached hydrogen (secondary N) is 1. The fourth-order valence-electron chi connectivity index (χ4n) is 1.39. The Bertz CT molecular complexity index is 338. The Kier molecular flexibility index (Phi) is 2.60. The predicted molar refractivity (Wildman–Crippen MR) is 54.6 cm³/mol. The highest BCUT2D eigenvalue weighted by Gasteiger charge is 2.11. The molecule has 0 saturated carbocycles. The maximum Gasteiger partial charge on any atom is 0.178 e. The molecule has 72 valence electrons. The summed E-state index contributed by atoms with van der Waals surface area (Å²) in [5, 5.41) is 1.87. The zero-order chi connectivity index (χ0) is 9.80. The molecule has 1 aromatic carbocycles. The number of Topliss-reactive ketones (excluding diaryl/α,β-unsaturated/α-hetero) is 1. The lowest BCUT2D eigenvalue weighted by Crippen LogP contribution is -2.34. The maximum absolute atomic E-state index is 11.7. The summed E-state index contributed by atoms with van der Waals surface area (Å²) in [4.78, 5) is 11.7. The molecule has 1 aliphatic rings. The van der Waals surface area contributed by atoms with Crippen LogP contribution in [0.4, 0.5) is 0 Å². The first-order valence-corrected chi connectivity index (χ1v) is 4.60.